The van der Waals surface area contributed by atoms with E-state index in [1.807, 2.05) is 0 Å². The smallest absolute Gasteiger partial charge is 0.352 e. The Labute approximate surface area is 91.6 Å². The lowest BCUT2D eigenvalue weighted by Gasteiger charge is -1.98. The summed E-state index contributed by atoms with van der Waals surface area (Å²) in [5, 5.41) is 9.20. The van der Waals surface area contributed by atoms with Crippen LogP contribution < -0.4 is 0 Å². The number of aromatic amines is 1. The van der Waals surface area contributed by atoms with Gasteiger partial charge < -0.3 is 10.1 Å². The Morgan fingerprint density at radius 2 is 2.06 bits per heavy atom. The molecule has 6 heteroatoms. The predicted octanol–water partition coefficient (Wildman–Crippen LogP) is 1.27. The predicted molar refractivity (Wildman–Crippen MR) is 58.4 cm³/mol. The van der Waals surface area contributed by atoms with E-state index in [-0.39, 0.29) is 10.6 Å². The number of aromatic carboxylic acids is 1. The van der Waals surface area contributed by atoms with Gasteiger partial charge in [0.25, 0.3) is 0 Å². The van der Waals surface area contributed by atoms with Crippen molar-refractivity contribution in [3.63, 3.8) is 0 Å². The van der Waals surface area contributed by atoms with Crippen molar-refractivity contribution in [2.24, 2.45) is 0 Å². The zero-order chi connectivity index (χ0) is 11.9. The van der Waals surface area contributed by atoms with Crippen LogP contribution in [-0.2, 0) is 9.84 Å². The fourth-order valence-electron chi connectivity index (χ4n) is 1.57. The molecule has 0 fully saturated rings. The van der Waals surface area contributed by atoms with Crippen LogP contribution in [0.2, 0.25) is 0 Å². The number of aromatic nitrogens is 1. The molecule has 0 spiro atoms. The number of hydrogen-bond acceptors (Lipinski definition) is 3. The van der Waals surface area contributed by atoms with Crippen LogP contribution in [0.4, 0.5) is 0 Å². The Bertz CT molecular complexity index is 669. The summed E-state index contributed by atoms with van der Waals surface area (Å²) in [6.07, 6.45) is 1.09. The first-order valence-corrected chi connectivity index (χ1v) is 6.34. The van der Waals surface area contributed by atoms with Gasteiger partial charge in [0.15, 0.2) is 9.84 Å². The molecule has 2 rings (SSSR count). The van der Waals surface area contributed by atoms with E-state index in [0.29, 0.717) is 10.9 Å². The van der Waals surface area contributed by atoms with Crippen LogP contribution in [0.25, 0.3) is 10.9 Å². The molecule has 0 aliphatic rings. The van der Waals surface area contributed by atoms with Gasteiger partial charge in [-0.3, -0.25) is 0 Å². The van der Waals surface area contributed by atoms with E-state index in [1.165, 1.54) is 12.1 Å². The average Bonchev–Trinajstić information content (AvgIpc) is 2.58. The average molecular weight is 239 g/mol. The van der Waals surface area contributed by atoms with Crippen LogP contribution in [-0.4, -0.2) is 30.7 Å². The lowest BCUT2D eigenvalue weighted by Crippen LogP contribution is -1.96. The SMILES string of the molecule is CS(=O)(=O)c1cccc2[nH]c(C(=O)O)cc12. The Kier molecular flexibility index (Phi) is 2.23. The number of hydrogen-bond donors (Lipinski definition) is 2. The Morgan fingerprint density at radius 1 is 1.38 bits per heavy atom. The standard InChI is InChI=1S/C10H9NO4S/c1-16(14,15)9-4-2-3-7-6(9)5-8(11-7)10(12)13/h2-5,11H,1H3,(H,12,13). The Morgan fingerprint density at radius 3 is 2.62 bits per heavy atom. The van der Waals surface area contributed by atoms with Gasteiger partial charge in [0.2, 0.25) is 0 Å². The van der Waals surface area contributed by atoms with Gasteiger partial charge >= 0.3 is 5.97 Å². The van der Waals surface area contributed by atoms with Crippen LogP contribution >= 0.6 is 0 Å². The number of carboxylic acids is 1. The van der Waals surface area contributed by atoms with Crippen LogP contribution in [0.3, 0.4) is 0 Å². The van der Waals surface area contributed by atoms with Crippen molar-refractivity contribution in [1.29, 1.82) is 0 Å². The van der Waals surface area contributed by atoms with Crippen LogP contribution in [0.15, 0.2) is 29.2 Å². The molecule has 0 aliphatic heterocycles. The summed E-state index contributed by atoms with van der Waals surface area (Å²) >= 11 is 0. The van der Waals surface area contributed by atoms with Crippen molar-refractivity contribution < 1.29 is 18.3 Å². The highest BCUT2D eigenvalue weighted by molar-refractivity contribution is 7.91. The summed E-state index contributed by atoms with van der Waals surface area (Å²) in [5.41, 5.74) is 0.478. The molecular formula is C10H9NO4S. The van der Waals surface area contributed by atoms with Crippen LogP contribution in [0, 0.1) is 0 Å². The maximum absolute atomic E-state index is 11.5. The van der Waals surface area contributed by atoms with Crippen molar-refractivity contribution in [2.45, 2.75) is 4.90 Å². The maximum Gasteiger partial charge on any atom is 0.352 e. The minimum absolute atomic E-state index is 0.0221. The van der Waals surface area contributed by atoms with E-state index in [1.54, 1.807) is 12.1 Å². The van der Waals surface area contributed by atoms with Gasteiger partial charge in [0.05, 0.1) is 4.90 Å². The fraction of sp³-hybridized carbons (Fsp3) is 0.100. The van der Waals surface area contributed by atoms with E-state index in [9.17, 15) is 13.2 Å². The third-order valence-corrected chi connectivity index (χ3v) is 3.41. The molecule has 16 heavy (non-hydrogen) atoms. The van der Waals surface area contributed by atoms with Gasteiger partial charge in [-0.25, -0.2) is 13.2 Å². The summed E-state index contributed by atoms with van der Waals surface area (Å²) < 4.78 is 22.9. The number of H-pyrrole nitrogens is 1. The second-order valence-corrected chi connectivity index (χ2v) is 5.46. The number of sulfone groups is 1. The van der Waals surface area contributed by atoms with Crippen molar-refractivity contribution >= 4 is 26.7 Å². The van der Waals surface area contributed by atoms with E-state index >= 15 is 0 Å². The topological polar surface area (TPSA) is 87.2 Å². The molecule has 0 atom stereocenters. The normalized spacial score (nSPS) is 11.8. The number of nitrogens with one attached hydrogen (secondary N) is 1. The quantitative estimate of drug-likeness (QED) is 0.826. The highest BCUT2D eigenvalue weighted by Gasteiger charge is 2.15. The van der Waals surface area contributed by atoms with Crippen molar-refractivity contribution in [1.82, 2.24) is 4.98 Å². The molecule has 1 aromatic carbocycles. The van der Waals surface area contributed by atoms with Gasteiger partial charge in [-0.2, -0.15) is 0 Å². The monoisotopic (exact) mass is 239 g/mol. The van der Waals surface area contributed by atoms with Gasteiger partial charge in [-0.05, 0) is 18.2 Å². The largest absolute Gasteiger partial charge is 0.477 e. The lowest BCUT2D eigenvalue weighted by atomic mass is 10.2. The second kappa shape index (κ2) is 3.34. The first-order chi connectivity index (χ1) is 7.39. The van der Waals surface area contributed by atoms with Gasteiger partial charge in [0, 0.05) is 17.2 Å². The van der Waals surface area contributed by atoms with Crippen LogP contribution in [0.1, 0.15) is 10.5 Å². The van der Waals surface area contributed by atoms with Crippen molar-refractivity contribution in [2.75, 3.05) is 6.26 Å². The molecule has 0 radical (unpaired) electrons. The minimum atomic E-state index is -3.35. The van der Waals surface area contributed by atoms with Crippen LogP contribution in [0.5, 0.6) is 0 Å². The van der Waals surface area contributed by atoms with Gasteiger partial charge in [-0.15, -0.1) is 0 Å². The minimum Gasteiger partial charge on any atom is -0.477 e. The van der Waals surface area contributed by atoms with E-state index in [4.69, 9.17) is 5.11 Å². The third kappa shape index (κ3) is 1.67. The molecule has 0 amide bonds. The first kappa shape index (κ1) is 10.7. The number of rotatable bonds is 2. The maximum atomic E-state index is 11.5. The van der Waals surface area contributed by atoms with Gasteiger partial charge in [-0.1, -0.05) is 6.07 Å². The summed E-state index contributed by atoms with van der Waals surface area (Å²) in [4.78, 5) is 13.5. The molecule has 0 saturated carbocycles. The summed E-state index contributed by atoms with van der Waals surface area (Å²) in [6.45, 7) is 0. The Hall–Kier alpha value is -1.82. The van der Waals surface area contributed by atoms with Gasteiger partial charge in [0.1, 0.15) is 5.69 Å². The highest BCUT2D eigenvalue weighted by Crippen LogP contribution is 2.23. The number of fused-ring (bicyclic) bond motifs is 1. The zero-order valence-corrected chi connectivity index (χ0v) is 9.21. The third-order valence-electron chi connectivity index (χ3n) is 2.25. The first-order valence-electron chi connectivity index (χ1n) is 4.44. The fourth-order valence-corrected chi connectivity index (χ4v) is 2.46. The number of carbonyl (C=O) groups is 1. The highest BCUT2D eigenvalue weighted by atomic mass is 32.2. The van der Waals surface area contributed by atoms with E-state index in [2.05, 4.69) is 4.98 Å². The van der Waals surface area contributed by atoms with E-state index < -0.39 is 15.8 Å². The molecule has 5 nitrogen and oxygen atoms in total. The summed E-state index contributed by atoms with van der Waals surface area (Å²) in [7, 11) is -3.35. The molecule has 2 aromatic rings. The Balaban J connectivity index is 2.83. The summed E-state index contributed by atoms with van der Waals surface area (Å²) in [5.74, 6) is -1.12. The molecule has 0 aliphatic carbocycles. The molecule has 1 aromatic heterocycles. The number of benzene rings is 1. The molecule has 1 heterocycles. The summed E-state index contributed by atoms with van der Waals surface area (Å²) in [6, 6.07) is 5.99. The van der Waals surface area contributed by atoms with Crippen molar-refractivity contribution in [3.05, 3.63) is 30.0 Å². The second-order valence-electron chi connectivity index (χ2n) is 3.48. The zero-order valence-electron chi connectivity index (χ0n) is 8.39. The molecule has 2 N–H and O–H groups in total. The molecular weight excluding hydrogens is 230 g/mol. The van der Waals surface area contributed by atoms with E-state index in [0.717, 1.165) is 6.26 Å². The molecule has 0 unspecified atom stereocenters. The molecule has 0 bridgehead atoms. The molecule has 84 valence electrons. The molecule has 0 saturated heterocycles. The lowest BCUT2D eigenvalue weighted by molar-refractivity contribution is 0.0691. The number of carboxylic acid groups (broad SMARTS) is 1. The van der Waals surface area contributed by atoms with Crippen molar-refractivity contribution in [3.8, 4) is 0 Å².